The van der Waals surface area contributed by atoms with Crippen LogP contribution in [0.4, 0.5) is 5.69 Å². The van der Waals surface area contributed by atoms with E-state index in [1.165, 1.54) is 6.20 Å². The van der Waals surface area contributed by atoms with E-state index in [9.17, 15) is 9.59 Å². The maximum absolute atomic E-state index is 12.5. The molecule has 2 rings (SSSR count). The molecular weight excluding hydrogens is 258 g/mol. The van der Waals surface area contributed by atoms with E-state index in [0.29, 0.717) is 24.5 Å². The second kappa shape index (κ2) is 5.09. The molecule has 0 unspecified atom stereocenters. The van der Waals surface area contributed by atoms with E-state index < -0.39 is 5.54 Å². The van der Waals surface area contributed by atoms with Crippen LogP contribution in [-0.2, 0) is 4.79 Å². The van der Waals surface area contributed by atoms with Crippen molar-refractivity contribution in [2.75, 3.05) is 25.6 Å². The third-order valence-corrected chi connectivity index (χ3v) is 3.60. The van der Waals surface area contributed by atoms with Crippen LogP contribution in [0.1, 0.15) is 24.3 Å². The number of nitrogens with two attached hydrogens (primary N) is 1. The first kappa shape index (κ1) is 14.3. The van der Waals surface area contributed by atoms with Crippen LogP contribution in [0.2, 0.25) is 0 Å². The summed E-state index contributed by atoms with van der Waals surface area (Å²) in [5.74, 6) is 4.94. The van der Waals surface area contributed by atoms with Crippen molar-refractivity contribution < 1.29 is 9.59 Å². The minimum absolute atomic E-state index is 0.0719. The number of carbonyl (C=O) groups is 2. The van der Waals surface area contributed by atoms with Gasteiger partial charge >= 0.3 is 0 Å². The number of amides is 2. The van der Waals surface area contributed by atoms with Crippen molar-refractivity contribution in [3.63, 3.8) is 0 Å². The first-order valence-electron chi connectivity index (χ1n) is 6.38. The van der Waals surface area contributed by atoms with E-state index in [-0.39, 0.29) is 11.8 Å². The first-order valence-corrected chi connectivity index (χ1v) is 6.38. The summed E-state index contributed by atoms with van der Waals surface area (Å²) in [4.78, 5) is 32.0. The summed E-state index contributed by atoms with van der Waals surface area (Å²) in [6.07, 6.45) is 1.48. The number of hydrogen-bond acceptors (Lipinski definition) is 5. The van der Waals surface area contributed by atoms with Crippen LogP contribution >= 0.6 is 0 Å². The van der Waals surface area contributed by atoms with Gasteiger partial charge in [0.1, 0.15) is 11.2 Å². The Morgan fingerprint density at radius 2 is 2.10 bits per heavy atom. The van der Waals surface area contributed by atoms with Gasteiger partial charge in [0, 0.05) is 20.1 Å². The number of hydrazine groups is 1. The van der Waals surface area contributed by atoms with E-state index in [0.717, 1.165) is 0 Å². The van der Waals surface area contributed by atoms with Gasteiger partial charge in [0.25, 0.3) is 5.91 Å². The van der Waals surface area contributed by atoms with Gasteiger partial charge in [0.15, 0.2) is 0 Å². The molecule has 2 amide bonds. The Labute approximate surface area is 117 Å². The predicted molar refractivity (Wildman–Crippen MR) is 74.8 cm³/mol. The molecule has 1 aliphatic heterocycles. The highest BCUT2D eigenvalue weighted by Gasteiger charge is 2.43. The van der Waals surface area contributed by atoms with Crippen LogP contribution in [-0.4, -0.2) is 52.3 Å². The number of nitrogens with one attached hydrogen (secondary N) is 1. The molecule has 1 aromatic heterocycles. The van der Waals surface area contributed by atoms with Crippen molar-refractivity contribution in [1.82, 2.24) is 14.8 Å². The highest BCUT2D eigenvalue weighted by Crippen LogP contribution is 2.23. The van der Waals surface area contributed by atoms with Gasteiger partial charge in [-0.3, -0.25) is 15.4 Å². The molecule has 7 heteroatoms. The van der Waals surface area contributed by atoms with Crippen molar-refractivity contribution >= 4 is 17.5 Å². The quantitative estimate of drug-likeness (QED) is 0.589. The fraction of sp³-hybridized carbons (Fsp3) is 0.462. The predicted octanol–water partition coefficient (Wildman–Crippen LogP) is 0.0600. The fourth-order valence-electron chi connectivity index (χ4n) is 2.31. The molecule has 0 aliphatic carbocycles. The average molecular weight is 277 g/mol. The Hall–Kier alpha value is -2.15. The van der Waals surface area contributed by atoms with Crippen LogP contribution in [0.25, 0.3) is 0 Å². The molecule has 0 saturated carbocycles. The number of aromatic nitrogens is 1. The average Bonchev–Trinajstić information content (AvgIpc) is 2.44. The summed E-state index contributed by atoms with van der Waals surface area (Å²) >= 11 is 0. The lowest BCUT2D eigenvalue weighted by molar-refractivity contribution is -0.144. The molecule has 1 fully saturated rings. The van der Waals surface area contributed by atoms with Crippen molar-refractivity contribution in [3.8, 4) is 0 Å². The highest BCUT2D eigenvalue weighted by atomic mass is 16.2. The zero-order valence-corrected chi connectivity index (χ0v) is 11.9. The molecular formula is C13H19N5O2. The fourth-order valence-corrected chi connectivity index (χ4v) is 2.31. The standard InChI is InChI=1S/C13H19N5O2/c1-13(2)12(20)17(3)6-7-18(13)11(19)10-5-4-9(16-14)8-15-10/h4-5,8,16H,6-7,14H2,1-3H3. The minimum Gasteiger partial charge on any atom is -0.342 e. The lowest BCUT2D eigenvalue weighted by Crippen LogP contribution is -2.63. The number of rotatable bonds is 2. The third-order valence-electron chi connectivity index (χ3n) is 3.60. The second-order valence-electron chi connectivity index (χ2n) is 5.32. The maximum atomic E-state index is 12.5. The molecule has 3 N–H and O–H groups in total. The van der Waals surface area contributed by atoms with Crippen molar-refractivity contribution in [2.45, 2.75) is 19.4 Å². The number of anilines is 1. The molecule has 0 spiro atoms. The Kier molecular flexibility index (Phi) is 3.63. The van der Waals surface area contributed by atoms with Crippen molar-refractivity contribution in [2.24, 2.45) is 5.84 Å². The number of nitrogens with zero attached hydrogens (tertiary/aromatic N) is 3. The molecule has 108 valence electrons. The largest absolute Gasteiger partial charge is 0.342 e. The van der Waals surface area contributed by atoms with Crippen LogP contribution < -0.4 is 11.3 Å². The summed E-state index contributed by atoms with van der Waals surface area (Å²) in [5.41, 5.74) is 2.51. The van der Waals surface area contributed by atoms with Gasteiger partial charge in [-0.15, -0.1) is 0 Å². The third kappa shape index (κ3) is 2.32. The number of hydrogen-bond donors (Lipinski definition) is 2. The molecule has 20 heavy (non-hydrogen) atoms. The van der Waals surface area contributed by atoms with Gasteiger partial charge in [-0.25, -0.2) is 4.98 Å². The Balaban J connectivity index is 2.25. The van der Waals surface area contributed by atoms with E-state index in [2.05, 4.69) is 10.4 Å². The minimum atomic E-state index is -0.865. The van der Waals surface area contributed by atoms with Gasteiger partial charge in [-0.2, -0.15) is 0 Å². The molecule has 1 aliphatic rings. The van der Waals surface area contributed by atoms with Crippen LogP contribution in [0.15, 0.2) is 18.3 Å². The molecule has 7 nitrogen and oxygen atoms in total. The molecule has 1 saturated heterocycles. The number of nitrogen functional groups attached to an aromatic ring is 1. The first-order chi connectivity index (χ1) is 9.37. The SMILES string of the molecule is CN1CCN(C(=O)c2ccc(NN)cn2)C(C)(C)C1=O. The van der Waals surface area contributed by atoms with Crippen LogP contribution in [0.3, 0.4) is 0 Å². The Morgan fingerprint density at radius 1 is 1.40 bits per heavy atom. The number of pyridine rings is 1. The van der Waals surface area contributed by atoms with Crippen LogP contribution in [0.5, 0.6) is 0 Å². The summed E-state index contributed by atoms with van der Waals surface area (Å²) in [7, 11) is 1.74. The maximum Gasteiger partial charge on any atom is 0.273 e. The lowest BCUT2D eigenvalue weighted by Gasteiger charge is -2.44. The zero-order valence-electron chi connectivity index (χ0n) is 11.9. The Morgan fingerprint density at radius 3 is 2.65 bits per heavy atom. The van der Waals surface area contributed by atoms with Gasteiger partial charge < -0.3 is 15.2 Å². The molecule has 0 atom stereocenters. The van der Waals surface area contributed by atoms with E-state index in [1.54, 1.807) is 42.8 Å². The molecule has 0 radical (unpaired) electrons. The summed E-state index contributed by atoms with van der Waals surface area (Å²) in [6.45, 7) is 4.51. The summed E-state index contributed by atoms with van der Waals surface area (Å²) < 4.78 is 0. The van der Waals surface area contributed by atoms with E-state index in [1.807, 2.05) is 0 Å². The Bertz CT molecular complexity index is 526. The smallest absolute Gasteiger partial charge is 0.273 e. The number of piperazine rings is 1. The molecule has 2 heterocycles. The van der Waals surface area contributed by atoms with Gasteiger partial charge in [0.2, 0.25) is 5.91 Å². The normalized spacial score (nSPS) is 18.1. The topological polar surface area (TPSA) is 91.6 Å². The lowest BCUT2D eigenvalue weighted by atomic mass is 9.97. The summed E-state index contributed by atoms with van der Waals surface area (Å²) in [5, 5.41) is 0. The monoisotopic (exact) mass is 277 g/mol. The van der Waals surface area contributed by atoms with E-state index >= 15 is 0 Å². The molecule has 0 bridgehead atoms. The van der Waals surface area contributed by atoms with E-state index in [4.69, 9.17) is 5.84 Å². The zero-order chi connectivity index (χ0) is 14.9. The van der Waals surface area contributed by atoms with Gasteiger partial charge in [-0.1, -0.05) is 0 Å². The molecule has 0 aromatic carbocycles. The van der Waals surface area contributed by atoms with Crippen molar-refractivity contribution in [3.05, 3.63) is 24.0 Å². The van der Waals surface area contributed by atoms with Gasteiger partial charge in [0.05, 0.1) is 11.9 Å². The van der Waals surface area contributed by atoms with Crippen molar-refractivity contribution in [1.29, 1.82) is 0 Å². The number of likely N-dealkylation sites (N-methyl/N-ethyl adjacent to an activating group) is 1. The molecule has 1 aromatic rings. The second-order valence-corrected chi connectivity index (χ2v) is 5.32. The summed E-state index contributed by atoms with van der Waals surface area (Å²) in [6, 6.07) is 3.27. The highest BCUT2D eigenvalue weighted by molar-refractivity contribution is 5.98. The van der Waals surface area contributed by atoms with Crippen LogP contribution in [0, 0.1) is 0 Å². The number of carbonyl (C=O) groups excluding carboxylic acids is 2. The van der Waals surface area contributed by atoms with Gasteiger partial charge in [-0.05, 0) is 26.0 Å².